The van der Waals surface area contributed by atoms with E-state index in [1.54, 1.807) is 43.3 Å². The normalized spacial score (nSPS) is 22.8. The van der Waals surface area contributed by atoms with Crippen LogP contribution in [0.3, 0.4) is 0 Å². The quantitative estimate of drug-likeness (QED) is 0.615. The van der Waals surface area contributed by atoms with Gasteiger partial charge in [-0.3, -0.25) is 4.90 Å². The Bertz CT molecular complexity index is 1220. The predicted molar refractivity (Wildman–Crippen MR) is 133 cm³/mol. The maximum atomic E-state index is 14.2. The molecule has 0 amide bonds. The van der Waals surface area contributed by atoms with Crippen molar-refractivity contribution in [1.29, 1.82) is 0 Å². The zero-order chi connectivity index (χ0) is 25.2. The molecule has 0 radical (unpaired) electrons. The molecule has 1 fully saturated rings. The fraction of sp³-hybridized carbons (Fsp3) is 0.481. The lowest BCUT2D eigenvalue weighted by atomic mass is 10.0. The molecule has 0 unspecified atom stereocenters. The van der Waals surface area contributed by atoms with Gasteiger partial charge in [0.15, 0.2) is 0 Å². The van der Waals surface area contributed by atoms with Crippen LogP contribution < -0.4 is 4.74 Å². The third-order valence-electron chi connectivity index (χ3n) is 6.55. The van der Waals surface area contributed by atoms with E-state index in [0.29, 0.717) is 30.1 Å². The third-order valence-corrected chi connectivity index (χ3v) is 8.57. The van der Waals surface area contributed by atoms with E-state index >= 15 is 0 Å². The molecule has 2 aliphatic rings. The van der Waals surface area contributed by atoms with Crippen LogP contribution in [0.15, 0.2) is 47.4 Å². The SMILES string of the molecule is C[C@@H]1CN([C@@H](C)CO)S(=O)(=O)c2ccc(C#CC3CC3)cc2O[C@@H]1CN(C)Cc1ccccc1F. The highest BCUT2D eigenvalue weighted by Crippen LogP contribution is 2.34. The Kier molecular flexibility index (Phi) is 7.82. The number of nitrogens with zero attached hydrogens (tertiary/aromatic N) is 2. The number of benzene rings is 2. The lowest BCUT2D eigenvalue weighted by Gasteiger charge is -2.37. The molecule has 1 aliphatic heterocycles. The van der Waals surface area contributed by atoms with E-state index in [1.807, 2.05) is 18.9 Å². The van der Waals surface area contributed by atoms with Gasteiger partial charge in [-0.15, -0.1) is 0 Å². The van der Waals surface area contributed by atoms with Crippen molar-refractivity contribution in [3.8, 4) is 17.6 Å². The fourth-order valence-corrected chi connectivity index (χ4v) is 6.05. The van der Waals surface area contributed by atoms with Crippen molar-refractivity contribution < 1.29 is 22.7 Å². The van der Waals surface area contributed by atoms with Gasteiger partial charge in [-0.25, -0.2) is 12.8 Å². The van der Waals surface area contributed by atoms with Gasteiger partial charge < -0.3 is 9.84 Å². The van der Waals surface area contributed by atoms with Crippen molar-refractivity contribution in [1.82, 2.24) is 9.21 Å². The van der Waals surface area contributed by atoms with Crippen molar-refractivity contribution in [3.63, 3.8) is 0 Å². The summed E-state index contributed by atoms with van der Waals surface area (Å²) in [4.78, 5) is 2.05. The summed E-state index contributed by atoms with van der Waals surface area (Å²) in [5, 5.41) is 9.79. The van der Waals surface area contributed by atoms with Crippen LogP contribution in [0.5, 0.6) is 5.75 Å². The second-order valence-corrected chi connectivity index (χ2v) is 11.6. The van der Waals surface area contributed by atoms with Gasteiger partial charge >= 0.3 is 0 Å². The molecule has 1 heterocycles. The molecule has 0 saturated heterocycles. The van der Waals surface area contributed by atoms with Gasteiger partial charge in [0.1, 0.15) is 22.6 Å². The molecular formula is C27H33FN2O4S. The van der Waals surface area contributed by atoms with Gasteiger partial charge in [0.25, 0.3) is 0 Å². The Labute approximate surface area is 207 Å². The molecule has 8 heteroatoms. The van der Waals surface area contributed by atoms with Crippen LogP contribution in [0.2, 0.25) is 0 Å². The highest BCUT2D eigenvalue weighted by Gasteiger charge is 2.38. The Morgan fingerprint density at radius 1 is 1.26 bits per heavy atom. The standard InChI is InChI=1S/C27H33FN2O4S/c1-19-15-30(20(2)18-31)35(32,33)27-13-12-22(11-10-21-8-9-21)14-25(27)34-26(19)17-29(3)16-23-6-4-5-7-24(23)28/h4-7,12-14,19-21,26,31H,8-9,15-18H2,1-3H3/t19-,20+,26-/m1/s1. The van der Waals surface area contributed by atoms with E-state index < -0.39 is 16.1 Å². The Morgan fingerprint density at radius 2 is 2.00 bits per heavy atom. The topological polar surface area (TPSA) is 70.1 Å². The van der Waals surface area contributed by atoms with Crippen LogP contribution in [0.1, 0.15) is 37.8 Å². The predicted octanol–water partition coefficient (Wildman–Crippen LogP) is 3.49. The number of sulfonamides is 1. The van der Waals surface area contributed by atoms with E-state index in [1.165, 1.54) is 10.4 Å². The van der Waals surface area contributed by atoms with Crippen LogP contribution in [0.25, 0.3) is 0 Å². The molecule has 2 aromatic carbocycles. The van der Waals surface area contributed by atoms with Gasteiger partial charge in [0.2, 0.25) is 10.0 Å². The number of likely N-dealkylation sites (N-methyl/N-ethyl adjacent to an activating group) is 1. The minimum Gasteiger partial charge on any atom is -0.487 e. The van der Waals surface area contributed by atoms with Gasteiger partial charge in [-0.2, -0.15) is 4.31 Å². The van der Waals surface area contributed by atoms with Crippen molar-refractivity contribution >= 4 is 10.0 Å². The van der Waals surface area contributed by atoms with E-state index in [2.05, 4.69) is 11.8 Å². The molecule has 6 nitrogen and oxygen atoms in total. The zero-order valence-electron chi connectivity index (χ0n) is 20.4. The first-order valence-electron chi connectivity index (χ1n) is 12.1. The number of ether oxygens (including phenoxy) is 1. The highest BCUT2D eigenvalue weighted by molar-refractivity contribution is 7.89. The number of aliphatic hydroxyl groups excluding tert-OH is 1. The van der Waals surface area contributed by atoms with Crippen LogP contribution in [0, 0.1) is 29.5 Å². The number of aliphatic hydroxyl groups is 1. The molecule has 1 N–H and O–H groups in total. The molecule has 3 atom stereocenters. The average Bonchev–Trinajstić information content (AvgIpc) is 3.65. The molecule has 1 saturated carbocycles. The average molecular weight is 501 g/mol. The maximum Gasteiger partial charge on any atom is 0.247 e. The van der Waals surface area contributed by atoms with E-state index in [-0.39, 0.29) is 41.6 Å². The molecule has 0 spiro atoms. The summed E-state index contributed by atoms with van der Waals surface area (Å²) in [6.45, 7) is 4.41. The molecule has 0 aromatic heterocycles. The summed E-state index contributed by atoms with van der Waals surface area (Å²) < 4.78 is 49.1. The number of hydrogen-bond donors (Lipinski definition) is 1. The minimum absolute atomic E-state index is 0.0726. The van der Waals surface area contributed by atoms with Crippen LogP contribution >= 0.6 is 0 Å². The molecule has 188 valence electrons. The number of rotatable bonds is 6. The van der Waals surface area contributed by atoms with Crippen LogP contribution in [0.4, 0.5) is 4.39 Å². The summed E-state index contributed by atoms with van der Waals surface area (Å²) in [5.41, 5.74) is 1.30. The number of fused-ring (bicyclic) bond motifs is 1. The zero-order valence-corrected chi connectivity index (χ0v) is 21.3. The third kappa shape index (κ3) is 6.04. The second-order valence-electron chi connectivity index (χ2n) is 9.73. The largest absolute Gasteiger partial charge is 0.487 e. The summed E-state index contributed by atoms with van der Waals surface area (Å²) >= 11 is 0. The first-order chi connectivity index (χ1) is 16.7. The van der Waals surface area contributed by atoms with Crippen molar-refractivity contribution in [2.24, 2.45) is 11.8 Å². The lowest BCUT2D eigenvalue weighted by molar-refractivity contribution is 0.0731. The summed E-state index contributed by atoms with van der Waals surface area (Å²) in [7, 11) is -2.00. The van der Waals surface area contributed by atoms with Crippen molar-refractivity contribution in [3.05, 3.63) is 59.4 Å². The van der Waals surface area contributed by atoms with Crippen molar-refractivity contribution in [2.75, 3.05) is 26.7 Å². The first kappa shape index (κ1) is 25.6. The fourth-order valence-electron chi connectivity index (χ4n) is 4.22. The first-order valence-corrected chi connectivity index (χ1v) is 13.5. The lowest BCUT2D eigenvalue weighted by Crippen LogP contribution is -2.49. The monoisotopic (exact) mass is 500 g/mol. The smallest absolute Gasteiger partial charge is 0.247 e. The molecule has 1 aliphatic carbocycles. The Balaban J connectivity index is 1.67. The van der Waals surface area contributed by atoms with E-state index in [4.69, 9.17) is 4.74 Å². The molecule has 0 bridgehead atoms. The van der Waals surface area contributed by atoms with Crippen LogP contribution in [-0.2, 0) is 16.6 Å². The number of halogens is 1. The summed E-state index contributed by atoms with van der Waals surface area (Å²) in [6.07, 6.45) is 1.84. The Morgan fingerprint density at radius 3 is 2.69 bits per heavy atom. The van der Waals surface area contributed by atoms with Crippen LogP contribution in [-0.4, -0.2) is 61.6 Å². The molecular weight excluding hydrogens is 467 g/mol. The van der Waals surface area contributed by atoms with E-state index in [9.17, 15) is 17.9 Å². The maximum absolute atomic E-state index is 14.2. The van der Waals surface area contributed by atoms with Crippen molar-refractivity contribution in [2.45, 2.75) is 50.3 Å². The van der Waals surface area contributed by atoms with Gasteiger partial charge in [0, 0.05) is 48.6 Å². The summed E-state index contributed by atoms with van der Waals surface area (Å²) in [6, 6.07) is 11.0. The second kappa shape index (κ2) is 10.7. The van der Waals surface area contributed by atoms with Gasteiger partial charge in [0.05, 0.1) is 6.61 Å². The van der Waals surface area contributed by atoms with E-state index in [0.717, 1.165) is 12.8 Å². The van der Waals surface area contributed by atoms with Gasteiger partial charge in [-0.05, 0) is 51.1 Å². The Hall–Kier alpha value is -2.44. The minimum atomic E-state index is -3.89. The highest BCUT2D eigenvalue weighted by atomic mass is 32.2. The number of hydrogen-bond acceptors (Lipinski definition) is 5. The molecule has 4 rings (SSSR count). The summed E-state index contributed by atoms with van der Waals surface area (Å²) in [5.74, 6) is 6.58. The molecule has 35 heavy (non-hydrogen) atoms. The van der Waals surface area contributed by atoms with Gasteiger partial charge in [-0.1, -0.05) is 37.0 Å². The molecule has 2 aromatic rings.